The van der Waals surface area contributed by atoms with E-state index >= 15 is 0 Å². The van der Waals surface area contributed by atoms with E-state index in [2.05, 4.69) is 28.8 Å². The number of para-hydroxylation sites is 2. The van der Waals surface area contributed by atoms with Gasteiger partial charge in [-0.15, -0.1) is 0 Å². The monoisotopic (exact) mass is 343 g/mol. The van der Waals surface area contributed by atoms with E-state index in [1.807, 2.05) is 68.4 Å². The van der Waals surface area contributed by atoms with Crippen LogP contribution in [0, 0.1) is 0 Å². The van der Waals surface area contributed by atoms with Gasteiger partial charge in [0.15, 0.2) is 0 Å². The summed E-state index contributed by atoms with van der Waals surface area (Å²) >= 11 is 0. The first-order valence-corrected chi connectivity index (χ1v) is 8.79. The average Bonchev–Trinajstić information content (AvgIpc) is 3.02. The average molecular weight is 343 g/mol. The minimum atomic E-state index is -0.822. The summed E-state index contributed by atoms with van der Waals surface area (Å²) in [5.41, 5.74) is 2.24. The highest BCUT2D eigenvalue weighted by Crippen LogP contribution is 2.34. The maximum Gasteiger partial charge on any atom is 0.332 e. The Morgan fingerprint density at radius 3 is 1.88 bits per heavy atom. The van der Waals surface area contributed by atoms with Crippen LogP contribution < -0.4 is 0 Å². The summed E-state index contributed by atoms with van der Waals surface area (Å²) in [6.07, 6.45) is 0. The molecule has 4 rings (SSSR count). The zero-order valence-electron chi connectivity index (χ0n) is 15.0. The van der Waals surface area contributed by atoms with Crippen molar-refractivity contribution in [2.45, 2.75) is 26.0 Å². The van der Waals surface area contributed by atoms with Crippen molar-refractivity contribution in [2.75, 3.05) is 0 Å². The first-order chi connectivity index (χ1) is 12.6. The van der Waals surface area contributed by atoms with Crippen molar-refractivity contribution in [3.63, 3.8) is 0 Å². The molecular weight excluding hydrogens is 322 g/mol. The molecule has 1 heterocycles. The van der Waals surface area contributed by atoms with E-state index in [1.54, 1.807) is 0 Å². The summed E-state index contributed by atoms with van der Waals surface area (Å²) in [6, 6.07) is 26.1. The number of ether oxygens (including phenoxy) is 1. The Morgan fingerprint density at radius 1 is 0.808 bits per heavy atom. The van der Waals surface area contributed by atoms with Crippen LogP contribution in [0.25, 0.3) is 21.8 Å². The van der Waals surface area contributed by atoms with Gasteiger partial charge in [0.05, 0.1) is 11.0 Å². The molecule has 0 aliphatic rings. The van der Waals surface area contributed by atoms with Crippen LogP contribution in [0.5, 0.6) is 0 Å². The molecule has 3 heteroatoms. The molecule has 0 saturated carbocycles. The standard InChI is InChI=1S/C23H21NO2/c1-23(2,22(25)26-16-17-10-4-3-5-11-17)24-20-14-8-6-12-18(20)19-13-7-9-15-21(19)24/h3-15H,16H2,1-2H3. The second-order valence-corrected chi connectivity index (χ2v) is 6.99. The number of carbonyl (C=O) groups excluding carboxylic acids is 1. The molecule has 0 atom stereocenters. The summed E-state index contributed by atoms with van der Waals surface area (Å²) < 4.78 is 7.74. The Balaban J connectivity index is 1.76. The van der Waals surface area contributed by atoms with Crippen molar-refractivity contribution in [3.05, 3.63) is 84.4 Å². The van der Waals surface area contributed by atoms with Crippen molar-refractivity contribution < 1.29 is 9.53 Å². The van der Waals surface area contributed by atoms with E-state index in [-0.39, 0.29) is 12.6 Å². The van der Waals surface area contributed by atoms with Crippen LogP contribution in [0.15, 0.2) is 78.9 Å². The van der Waals surface area contributed by atoms with Crippen LogP contribution in [0.1, 0.15) is 19.4 Å². The number of aromatic nitrogens is 1. The molecule has 3 nitrogen and oxygen atoms in total. The van der Waals surface area contributed by atoms with Gasteiger partial charge in [-0.1, -0.05) is 66.7 Å². The molecule has 1 aromatic heterocycles. The summed E-state index contributed by atoms with van der Waals surface area (Å²) in [6.45, 7) is 4.11. The molecule has 26 heavy (non-hydrogen) atoms. The molecule has 3 aromatic carbocycles. The second-order valence-electron chi connectivity index (χ2n) is 6.99. The molecule has 0 amide bonds. The van der Waals surface area contributed by atoms with Gasteiger partial charge in [-0.05, 0) is 31.5 Å². The summed E-state index contributed by atoms with van der Waals surface area (Å²) in [5.74, 6) is -0.243. The fourth-order valence-corrected chi connectivity index (χ4v) is 3.52. The van der Waals surface area contributed by atoms with E-state index in [0.29, 0.717) is 0 Å². The van der Waals surface area contributed by atoms with Gasteiger partial charge in [-0.2, -0.15) is 0 Å². The zero-order valence-corrected chi connectivity index (χ0v) is 15.0. The fourth-order valence-electron chi connectivity index (χ4n) is 3.52. The van der Waals surface area contributed by atoms with Crippen LogP contribution in [-0.4, -0.2) is 10.5 Å². The Kier molecular flexibility index (Phi) is 4.00. The third kappa shape index (κ3) is 2.66. The smallest absolute Gasteiger partial charge is 0.332 e. The minimum absolute atomic E-state index is 0.243. The summed E-state index contributed by atoms with van der Waals surface area (Å²) in [4.78, 5) is 13.0. The minimum Gasteiger partial charge on any atom is -0.459 e. The molecule has 0 aliphatic heterocycles. The first-order valence-electron chi connectivity index (χ1n) is 8.79. The topological polar surface area (TPSA) is 31.2 Å². The van der Waals surface area contributed by atoms with E-state index in [9.17, 15) is 4.79 Å². The third-order valence-electron chi connectivity index (χ3n) is 4.85. The third-order valence-corrected chi connectivity index (χ3v) is 4.85. The van der Waals surface area contributed by atoms with Crippen molar-refractivity contribution in [1.29, 1.82) is 0 Å². The molecule has 0 spiro atoms. The van der Waals surface area contributed by atoms with Crippen LogP contribution >= 0.6 is 0 Å². The van der Waals surface area contributed by atoms with Crippen molar-refractivity contribution in [2.24, 2.45) is 0 Å². The lowest BCUT2D eigenvalue weighted by Crippen LogP contribution is -2.37. The number of hydrogen-bond donors (Lipinski definition) is 0. The van der Waals surface area contributed by atoms with E-state index in [0.717, 1.165) is 27.4 Å². The highest BCUT2D eigenvalue weighted by Gasteiger charge is 2.34. The molecule has 0 aliphatic carbocycles. The van der Waals surface area contributed by atoms with Gasteiger partial charge >= 0.3 is 5.97 Å². The Hall–Kier alpha value is -3.07. The number of carbonyl (C=O) groups is 1. The SMILES string of the molecule is CC(C)(C(=O)OCc1ccccc1)n1c2ccccc2c2ccccc21. The Morgan fingerprint density at radius 2 is 1.31 bits per heavy atom. The molecule has 130 valence electrons. The van der Waals surface area contributed by atoms with E-state index in [4.69, 9.17) is 4.74 Å². The highest BCUT2D eigenvalue weighted by molar-refractivity contribution is 6.09. The van der Waals surface area contributed by atoms with Crippen LogP contribution in [-0.2, 0) is 21.7 Å². The van der Waals surface area contributed by atoms with Gasteiger partial charge in [0.2, 0.25) is 0 Å². The van der Waals surface area contributed by atoms with Gasteiger partial charge in [0.25, 0.3) is 0 Å². The molecule has 0 radical (unpaired) electrons. The van der Waals surface area contributed by atoms with Crippen molar-refractivity contribution >= 4 is 27.8 Å². The Labute approximate surface area is 152 Å². The number of benzene rings is 3. The van der Waals surface area contributed by atoms with Gasteiger partial charge in [0.1, 0.15) is 12.1 Å². The summed E-state index contributed by atoms with van der Waals surface area (Å²) in [5, 5.41) is 2.29. The lowest BCUT2D eigenvalue weighted by atomic mass is 10.0. The van der Waals surface area contributed by atoms with Crippen LogP contribution in [0.2, 0.25) is 0 Å². The number of rotatable bonds is 4. The second kappa shape index (κ2) is 6.34. The predicted octanol–water partition coefficient (Wildman–Crippen LogP) is 5.27. The number of esters is 1. The predicted molar refractivity (Wildman–Crippen MR) is 105 cm³/mol. The largest absolute Gasteiger partial charge is 0.459 e. The molecule has 4 aromatic rings. The molecule has 0 saturated heterocycles. The first kappa shape index (κ1) is 16.4. The fraction of sp³-hybridized carbons (Fsp3) is 0.174. The normalized spacial score (nSPS) is 11.8. The van der Waals surface area contributed by atoms with Gasteiger partial charge < -0.3 is 9.30 Å². The van der Waals surface area contributed by atoms with Gasteiger partial charge in [0, 0.05) is 10.8 Å². The lowest BCUT2D eigenvalue weighted by Gasteiger charge is -2.27. The summed E-state index contributed by atoms with van der Waals surface area (Å²) in [7, 11) is 0. The molecule has 0 fully saturated rings. The van der Waals surface area contributed by atoms with Crippen molar-refractivity contribution in [3.8, 4) is 0 Å². The quantitative estimate of drug-likeness (QED) is 0.473. The number of fused-ring (bicyclic) bond motifs is 3. The molecule has 0 unspecified atom stereocenters. The van der Waals surface area contributed by atoms with Gasteiger partial charge in [-0.3, -0.25) is 0 Å². The maximum atomic E-state index is 13.0. The number of nitrogens with zero attached hydrogens (tertiary/aromatic N) is 1. The van der Waals surface area contributed by atoms with Crippen molar-refractivity contribution in [1.82, 2.24) is 4.57 Å². The van der Waals surface area contributed by atoms with E-state index in [1.165, 1.54) is 0 Å². The molecular formula is C23H21NO2. The van der Waals surface area contributed by atoms with Crippen LogP contribution in [0.3, 0.4) is 0 Å². The van der Waals surface area contributed by atoms with Gasteiger partial charge in [-0.25, -0.2) is 4.79 Å². The van der Waals surface area contributed by atoms with Crippen LogP contribution in [0.4, 0.5) is 0 Å². The zero-order chi connectivity index (χ0) is 18.1. The molecule has 0 bridgehead atoms. The Bertz CT molecular complexity index is 1020. The van der Waals surface area contributed by atoms with E-state index < -0.39 is 5.54 Å². The highest BCUT2D eigenvalue weighted by atomic mass is 16.5. The maximum absolute atomic E-state index is 13.0. The lowest BCUT2D eigenvalue weighted by molar-refractivity contribution is -0.153. The number of hydrogen-bond acceptors (Lipinski definition) is 2. The molecule has 0 N–H and O–H groups in total.